The SMILES string of the molecule is COc1cccc(Cc2cnc([C@@H]3CCCCN3C(=O)c3ccc(OC)nc3)o2)c1. The minimum Gasteiger partial charge on any atom is -0.497 e. The molecule has 0 N–H and O–H groups in total. The topological polar surface area (TPSA) is 77.7 Å². The molecule has 2 aromatic heterocycles. The highest BCUT2D eigenvalue weighted by atomic mass is 16.5. The molecule has 7 heteroatoms. The highest BCUT2D eigenvalue weighted by molar-refractivity contribution is 5.94. The summed E-state index contributed by atoms with van der Waals surface area (Å²) in [6.07, 6.45) is 6.74. The van der Waals surface area contributed by atoms with Gasteiger partial charge in [-0.25, -0.2) is 9.97 Å². The molecule has 1 aromatic carbocycles. The number of aromatic nitrogens is 2. The first-order chi connectivity index (χ1) is 14.7. The zero-order valence-electron chi connectivity index (χ0n) is 17.2. The third-order valence-electron chi connectivity index (χ3n) is 5.33. The number of benzene rings is 1. The molecule has 1 aliphatic heterocycles. The predicted octanol–water partition coefficient (Wildman–Crippen LogP) is 4.05. The molecule has 7 nitrogen and oxygen atoms in total. The van der Waals surface area contributed by atoms with E-state index < -0.39 is 0 Å². The molecule has 3 aromatic rings. The molecule has 0 bridgehead atoms. The van der Waals surface area contributed by atoms with Crippen LogP contribution in [0.4, 0.5) is 0 Å². The second kappa shape index (κ2) is 8.98. The van der Waals surface area contributed by atoms with Crippen LogP contribution >= 0.6 is 0 Å². The van der Waals surface area contributed by atoms with Crippen LogP contribution in [0.5, 0.6) is 11.6 Å². The summed E-state index contributed by atoms with van der Waals surface area (Å²) in [5.74, 6) is 2.58. The van der Waals surface area contributed by atoms with Crippen molar-refractivity contribution in [3.05, 3.63) is 71.6 Å². The molecule has 4 rings (SSSR count). The van der Waals surface area contributed by atoms with Gasteiger partial charge in [-0.1, -0.05) is 12.1 Å². The number of rotatable bonds is 6. The van der Waals surface area contributed by atoms with E-state index >= 15 is 0 Å². The summed E-state index contributed by atoms with van der Waals surface area (Å²) < 4.78 is 16.4. The average Bonchev–Trinajstić information content (AvgIpc) is 3.27. The van der Waals surface area contributed by atoms with Crippen molar-refractivity contribution in [1.29, 1.82) is 0 Å². The van der Waals surface area contributed by atoms with Gasteiger partial charge in [0.25, 0.3) is 5.91 Å². The molecule has 156 valence electrons. The van der Waals surface area contributed by atoms with Gasteiger partial charge in [0.05, 0.1) is 26.0 Å². The third-order valence-corrected chi connectivity index (χ3v) is 5.33. The minimum absolute atomic E-state index is 0.0672. The Balaban J connectivity index is 1.52. The van der Waals surface area contributed by atoms with Crippen LogP contribution in [0.3, 0.4) is 0 Å². The van der Waals surface area contributed by atoms with Crippen LogP contribution in [0.15, 0.2) is 53.2 Å². The van der Waals surface area contributed by atoms with Crippen LogP contribution in [0.2, 0.25) is 0 Å². The average molecular weight is 407 g/mol. The minimum atomic E-state index is -0.174. The van der Waals surface area contributed by atoms with Crippen molar-refractivity contribution in [2.24, 2.45) is 0 Å². The Morgan fingerprint density at radius 2 is 2.03 bits per heavy atom. The van der Waals surface area contributed by atoms with Gasteiger partial charge in [0, 0.05) is 25.2 Å². The molecule has 1 amide bonds. The number of amides is 1. The lowest BCUT2D eigenvalue weighted by atomic mass is 10.0. The Morgan fingerprint density at radius 1 is 1.13 bits per heavy atom. The highest BCUT2D eigenvalue weighted by Gasteiger charge is 2.32. The number of carbonyl (C=O) groups is 1. The predicted molar refractivity (Wildman–Crippen MR) is 111 cm³/mol. The lowest BCUT2D eigenvalue weighted by Crippen LogP contribution is -2.38. The summed E-state index contributed by atoms with van der Waals surface area (Å²) in [6.45, 7) is 0.670. The van der Waals surface area contributed by atoms with Gasteiger partial charge in [0.15, 0.2) is 0 Å². The molecule has 1 aliphatic rings. The van der Waals surface area contributed by atoms with E-state index in [2.05, 4.69) is 9.97 Å². The summed E-state index contributed by atoms with van der Waals surface area (Å²) in [5, 5.41) is 0. The molecule has 0 saturated carbocycles. The van der Waals surface area contributed by atoms with E-state index in [0.29, 0.717) is 30.3 Å². The number of nitrogens with zero attached hydrogens (tertiary/aromatic N) is 3. The van der Waals surface area contributed by atoms with Gasteiger partial charge in [-0.3, -0.25) is 4.79 Å². The van der Waals surface area contributed by atoms with Crippen LogP contribution < -0.4 is 9.47 Å². The number of methoxy groups -OCH3 is 2. The Labute approximate surface area is 175 Å². The van der Waals surface area contributed by atoms with E-state index in [-0.39, 0.29) is 11.9 Å². The summed E-state index contributed by atoms with van der Waals surface area (Å²) in [6, 6.07) is 11.1. The maximum atomic E-state index is 13.1. The van der Waals surface area contributed by atoms with Gasteiger partial charge >= 0.3 is 0 Å². The largest absolute Gasteiger partial charge is 0.497 e. The first kappa shape index (κ1) is 19.9. The Morgan fingerprint density at radius 3 is 2.80 bits per heavy atom. The van der Waals surface area contributed by atoms with E-state index in [1.807, 2.05) is 29.2 Å². The van der Waals surface area contributed by atoms with E-state index in [0.717, 1.165) is 36.3 Å². The van der Waals surface area contributed by atoms with Crippen molar-refractivity contribution in [3.63, 3.8) is 0 Å². The van der Waals surface area contributed by atoms with Crippen LogP contribution in [-0.4, -0.2) is 41.5 Å². The van der Waals surface area contributed by atoms with Gasteiger partial charge in [-0.15, -0.1) is 0 Å². The number of hydrogen-bond acceptors (Lipinski definition) is 6. The summed E-state index contributed by atoms with van der Waals surface area (Å²) >= 11 is 0. The molecule has 0 unspecified atom stereocenters. The molecule has 1 atom stereocenters. The van der Waals surface area contributed by atoms with Gasteiger partial charge in [-0.05, 0) is 43.0 Å². The van der Waals surface area contributed by atoms with E-state index in [1.54, 1.807) is 38.7 Å². The van der Waals surface area contributed by atoms with Crippen molar-refractivity contribution >= 4 is 5.91 Å². The van der Waals surface area contributed by atoms with E-state index in [1.165, 1.54) is 0 Å². The van der Waals surface area contributed by atoms with Crippen molar-refractivity contribution in [2.75, 3.05) is 20.8 Å². The molecular formula is C23H25N3O4. The molecule has 0 aliphatic carbocycles. The molecule has 1 saturated heterocycles. The molecule has 0 radical (unpaired) electrons. The third kappa shape index (κ3) is 4.30. The van der Waals surface area contributed by atoms with Crippen LogP contribution in [0, 0.1) is 0 Å². The van der Waals surface area contributed by atoms with Gasteiger partial charge in [-0.2, -0.15) is 0 Å². The van der Waals surface area contributed by atoms with Gasteiger partial charge in [0.2, 0.25) is 11.8 Å². The number of carbonyl (C=O) groups excluding carboxylic acids is 1. The zero-order chi connectivity index (χ0) is 20.9. The van der Waals surface area contributed by atoms with E-state index in [4.69, 9.17) is 13.9 Å². The fraction of sp³-hybridized carbons (Fsp3) is 0.348. The number of likely N-dealkylation sites (tertiary alicyclic amines) is 1. The summed E-state index contributed by atoms with van der Waals surface area (Å²) in [7, 11) is 3.20. The molecule has 30 heavy (non-hydrogen) atoms. The second-order valence-corrected chi connectivity index (χ2v) is 7.29. The maximum absolute atomic E-state index is 13.1. The number of hydrogen-bond donors (Lipinski definition) is 0. The Bertz CT molecular complexity index is 1000. The maximum Gasteiger partial charge on any atom is 0.256 e. The van der Waals surface area contributed by atoms with Crippen molar-refractivity contribution < 1.29 is 18.7 Å². The van der Waals surface area contributed by atoms with Crippen molar-refractivity contribution in [1.82, 2.24) is 14.9 Å². The zero-order valence-corrected chi connectivity index (χ0v) is 17.2. The Hall–Kier alpha value is -3.35. The number of ether oxygens (including phenoxy) is 2. The smallest absolute Gasteiger partial charge is 0.256 e. The molecular weight excluding hydrogens is 382 g/mol. The van der Waals surface area contributed by atoms with Crippen LogP contribution in [0.25, 0.3) is 0 Å². The number of oxazole rings is 1. The second-order valence-electron chi connectivity index (χ2n) is 7.29. The lowest BCUT2D eigenvalue weighted by Gasteiger charge is -2.33. The molecule has 0 spiro atoms. The first-order valence-electron chi connectivity index (χ1n) is 10.1. The summed E-state index contributed by atoms with van der Waals surface area (Å²) in [4.78, 5) is 23.6. The van der Waals surface area contributed by atoms with Crippen molar-refractivity contribution in [2.45, 2.75) is 31.7 Å². The fourth-order valence-electron chi connectivity index (χ4n) is 3.77. The van der Waals surface area contributed by atoms with Crippen LogP contribution in [-0.2, 0) is 6.42 Å². The summed E-state index contributed by atoms with van der Waals surface area (Å²) in [5.41, 5.74) is 1.61. The van der Waals surface area contributed by atoms with Crippen molar-refractivity contribution in [3.8, 4) is 11.6 Å². The first-order valence-corrected chi connectivity index (χ1v) is 10.1. The lowest BCUT2D eigenvalue weighted by molar-refractivity contribution is 0.0569. The monoisotopic (exact) mass is 407 g/mol. The quantitative estimate of drug-likeness (QED) is 0.614. The number of piperidine rings is 1. The molecule has 1 fully saturated rings. The van der Waals surface area contributed by atoms with E-state index in [9.17, 15) is 4.79 Å². The Kier molecular flexibility index (Phi) is 5.97. The molecule has 3 heterocycles. The fourth-order valence-corrected chi connectivity index (χ4v) is 3.77. The van der Waals surface area contributed by atoms with Gasteiger partial charge in [0.1, 0.15) is 17.6 Å². The number of pyridine rings is 1. The van der Waals surface area contributed by atoms with Gasteiger partial charge < -0.3 is 18.8 Å². The normalized spacial score (nSPS) is 16.3. The standard InChI is InChI=1S/C23H25N3O4/c1-28-18-7-5-6-16(12-18)13-19-15-25-22(30-19)20-8-3-4-11-26(20)23(27)17-9-10-21(29-2)24-14-17/h5-7,9-10,12,14-15,20H,3-4,8,11,13H2,1-2H3/t20-/m0/s1. The highest BCUT2D eigenvalue weighted by Crippen LogP contribution is 2.32. The van der Waals surface area contributed by atoms with Crippen LogP contribution in [0.1, 0.15) is 52.9 Å².